The van der Waals surface area contributed by atoms with Crippen molar-refractivity contribution in [2.24, 2.45) is 5.73 Å². The van der Waals surface area contributed by atoms with E-state index >= 15 is 0 Å². The van der Waals surface area contributed by atoms with Crippen molar-refractivity contribution in [3.63, 3.8) is 0 Å². The summed E-state index contributed by atoms with van der Waals surface area (Å²) >= 11 is 13.9. The average Bonchev–Trinajstić information content (AvgIpc) is 2.83. The Morgan fingerprint density at radius 2 is 2.04 bits per heavy atom. The van der Waals surface area contributed by atoms with Crippen molar-refractivity contribution in [3.05, 3.63) is 48.8 Å². The van der Waals surface area contributed by atoms with Crippen LogP contribution < -0.4 is 5.73 Å². The molecule has 24 heavy (non-hydrogen) atoms. The molecule has 0 bridgehead atoms. The molecule has 1 aromatic heterocycles. The molecule has 0 saturated heterocycles. The Bertz CT molecular complexity index is 837. The number of rotatable bonds is 4. The van der Waals surface area contributed by atoms with Crippen LogP contribution in [0.3, 0.4) is 0 Å². The van der Waals surface area contributed by atoms with Crippen LogP contribution in [0.25, 0.3) is 0 Å². The van der Waals surface area contributed by atoms with Crippen molar-refractivity contribution in [1.82, 2.24) is 14.7 Å². The van der Waals surface area contributed by atoms with Crippen molar-refractivity contribution in [2.75, 3.05) is 6.54 Å². The molecule has 6 nitrogen and oxygen atoms in total. The predicted octanol–water partition coefficient (Wildman–Crippen LogP) is 2.48. The minimum atomic E-state index is -0.528. The van der Waals surface area contributed by atoms with Gasteiger partial charge in [-0.3, -0.25) is 14.3 Å². The number of carbonyl (C=O) groups excluding carboxylic acids is 2. The van der Waals surface area contributed by atoms with Crippen molar-refractivity contribution < 1.29 is 9.59 Å². The van der Waals surface area contributed by atoms with Gasteiger partial charge in [-0.15, -0.1) is 0 Å². The first-order valence-corrected chi connectivity index (χ1v) is 8.97. The molecule has 0 aliphatic carbocycles. The Hall–Kier alpha value is -1.32. The molecule has 2 N–H and O–H groups in total. The van der Waals surface area contributed by atoms with Crippen LogP contribution in [-0.2, 0) is 24.3 Å². The van der Waals surface area contributed by atoms with E-state index in [9.17, 15) is 9.59 Å². The average molecular weight is 479 g/mol. The Morgan fingerprint density at radius 1 is 1.29 bits per heavy atom. The minimum Gasteiger partial charge on any atom is -0.365 e. The van der Waals surface area contributed by atoms with Crippen molar-refractivity contribution in [1.29, 1.82) is 0 Å². The largest absolute Gasteiger partial charge is 0.365 e. The molecule has 2 amide bonds. The molecule has 1 aliphatic rings. The van der Waals surface area contributed by atoms with E-state index in [-0.39, 0.29) is 12.5 Å². The molecule has 0 radical (unpaired) electrons. The summed E-state index contributed by atoms with van der Waals surface area (Å²) in [6.07, 6.45) is 0.639. The molecular formula is C15H13Cl2IN4O2. The zero-order valence-electron chi connectivity index (χ0n) is 12.4. The van der Waals surface area contributed by atoms with Gasteiger partial charge in [-0.05, 0) is 46.7 Å². The highest BCUT2D eigenvalue weighted by atomic mass is 127. The van der Waals surface area contributed by atoms with Crippen molar-refractivity contribution in [3.8, 4) is 0 Å². The van der Waals surface area contributed by atoms with E-state index in [0.29, 0.717) is 44.5 Å². The minimum absolute atomic E-state index is 0.0440. The molecule has 0 unspecified atom stereocenters. The lowest BCUT2D eigenvalue weighted by molar-refractivity contribution is -0.134. The van der Waals surface area contributed by atoms with Crippen LogP contribution in [0, 0.1) is 3.70 Å². The van der Waals surface area contributed by atoms with Crippen LogP contribution >= 0.6 is 45.8 Å². The van der Waals surface area contributed by atoms with Crippen molar-refractivity contribution >= 4 is 57.6 Å². The second-order valence-corrected chi connectivity index (χ2v) is 7.28. The fourth-order valence-corrected chi connectivity index (χ4v) is 3.82. The van der Waals surface area contributed by atoms with E-state index in [2.05, 4.69) is 5.10 Å². The molecule has 0 spiro atoms. The van der Waals surface area contributed by atoms with Gasteiger partial charge in [0.2, 0.25) is 5.91 Å². The Morgan fingerprint density at radius 3 is 2.71 bits per heavy atom. The molecule has 9 heteroatoms. The third kappa shape index (κ3) is 3.38. The fourth-order valence-electron chi connectivity index (χ4n) is 2.66. The lowest BCUT2D eigenvalue weighted by Gasteiger charge is -2.28. The number of aromatic nitrogens is 2. The highest BCUT2D eigenvalue weighted by molar-refractivity contribution is 14.1. The maximum absolute atomic E-state index is 12.3. The number of hydrogen-bond acceptors (Lipinski definition) is 3. The zero-order chi connectivity index (χ0) is 17.4. The number of halogens is 3. The summed E-state index contributed by atoms with van der Waals surface area (Å²) < 4.78 is 2.08. The topological polar surface area (TPSA) is 81.2 Å². The van der Waals surface area contributed by atoms with Gasteiger partial charge in [0, 0.05) is 6.54 Å². The van der Waals surface area contributed by atoms with Crippen LogP contribution in [-0.4, -0.2) is 33.0 Å². The van der Waals surface area contributed by atoms with E-state index in [0.717, 1.165) is 5.56 Å². The number of fused-ring (bicyclic) bond motifs is 1. The number of amides is 2. The first-order chi connectivity index (χ1) is 11.4. The number of hydrogen-bond donors (Lipinski definition) is 1. The lowest BCUT2D eigenvalue weighted by atomic mass is 10.1. The van der Waals surface area contributed by atoms with Crippen LogP contribution in [0.1, 0.15) is 21.6 Å². The van der Waals surface area contributed by atoms with Crippen LogP contribution in [0.15, 0.2) is 18.2 Å². The van der Waals surface area contributed by atoms with Gasteiger partial charge in [0.05, 0.1) is 27.8 Å². The van der Waals surface area contributed by atoms with Gasteiger partial charge in [0.15, 0.2) is 0 Å². The first kappa shape index (κ1) is 17.5. The Kier molecular flexibility index (Phi) is 5.03. The maximum atomic E-state index is 12.3. The lowest BCUT2D eigenvalue weighted by Crippen LogP contribution is -2.41. The normalized spacial score (nSPS) is 14.0. The highest BCUT2D eigenvalue weighted by Gasteiger charge is 2.29. The fraction of sp³-hybridized carbons (Fsp3) is 0.267. The Labute approximate surface area is 162 Å². The molecule has 126 valence electrons. The SMILES string of the molecule is NC(=O)c1c(I)nn2c1CN(CCc1ccc(Cl)c(Cl)c1)C(=O)C2. The van der Waals surface area contributed by atoms with Crippen molar-refractivity contribution in [2.45, 2.75) is 19.5 Å². The predicted molar refractivity (Wildman–Crippen MR) is 99.0 cm³/mol. The van der Waals surface area contributed by atoms with E-state index in [1.165, 1.54) is 0 Å². The summed E-state index contributed by atoms with van der Waals surface area (Å²) in [7, 11) is 0. The monoisotopic (exact) mass is 478 g/mol. The molecule has 1 aromatic carbocycles. The van der Waals surface area contributed by atoms with E-state index in [1.54, 1.807) is 21.7 Å². The third-order valence-electron chi connectivity index (χ3n) is 3.89. The molecule has 0 fully saturated rings. The Balaban J connectivity index is 1.77. The smallest absolute Gasteiger partial charge is 0.253 e. The molecule has 2 aromatic rings. The van der Waals surface area contributed by atoms with E-state index < -0.39 is 5.91 Å². The third-order valence-corrected chi connectivity index (χ3v) is 5.39. The van der Waals surface area contributed by atoms with Gasteiger partial charge in [0.1, 0.15) is 10.2 Å². The molecular weight excluding hydrogens is 466 g/mol. The van der Waals surface area contributed by atoms with Gasteiger partial charge in [-0.25, -0.2) is 0 Å². The molecule has 1 aliphatic heterocycles. The molecule has 3 rings (SSSR count). The molecule has 2 heterocycles. The number of carbonyl (C=O) groups is 2. The zero-order valence-corrected chi connectivity index (χ0v) is 16.1. The highest BCUT2D eigenvalue weighted by Crippen LogP contribution is 2.24. The van der Waals surface area contributed by atoms with Gasteiger partial charge in [-0.2, -0.15) is 5.10 Å². The number of benzene rings is 1. The molecule has 0 saturated carbocycles. The van der Waals surface area contributed by atoms with Crippen LogP contribution in [0.2, 0.25) is 10.0 Å². The summed E-state index contributed by atoms with van der Waals surface area (Å²) in [4.78, 5) is 25.6. The number of nitrogens with two attached hydrogens (primary N) is 1. The first-order valence-electron chi connectivity index (χ1n) is 7.13. The van der Waals surface area contributed by atoms with Crippen LogP contribution in [0.5, 0.6) is 0 Å². The standard InChI is InChI=1S/C15H13Cl2IN4O2/c16-9-2-1-8(5-10(9)17)3-4-21-6-11-13(15(19)24)14(18)20-22(11)7-12(21)23/h1-2,5H,3-4,6-7H2,(H2,19,24). The van der Waals surface area contributed by atoms with E-state index in [4.69, 9.17) is 28.9 Å². The number of primary amides is 1. The second-order valence-electron chi connectivity index (χ2n) is 5.45. The summed E-state index contributed by atoms with van der Waals surface area (Å²) in [6, 6.07) is 5.41. The quantitative estimate of drug-likeness (QED) is 0.685. The van der Waals surface area contributed by atoms with Crippen LogP contribution in [0.4, 0.5) is 0 Å². The summed E-state index contributed by atoms with van der Waals surface area (Å²) in [5.74, 6) is -0.572. The summed E-state index contributed by atoms with van der Waals surface area (Å²) in [6.45, 7) is 0.936. The van der Waals surface area contributed by atoms with Gasteiger partial charge < -0.3 is 10.6 Å². The van der Waals surface area contributed by atoms with Gasteiger partial charge >= 0.3 is 0 Å². The van der Waals surface area contributed by atoms with E-state index in [1.807, 2.05) is 28.7 Å². The molecule has 0 atom stereocenters. The number of nitrogens with zero attached hydrogens (tertiary/aromatic N) is 3. The summed E-state index contributed by atoms with van der Waals surface area (Å²) in [5, 5.41) is 5.21. The maximum Gasteiger partial charge on any atom is 0.253 e. The van der Waals surface area contributed by atoms with Gasteiger partial charge in [0.25, 0.3) is 5.91 Å². The second kappa shape index (κ2) is 6.89. The summed E-state index contributed by atoms with van der Waals surface area (Å²) in [5.41, 5.74) is 7.49. The van der Waals surface area contributed by atoms with Gasteiger partial charge in [-0.1, -0.05) is 29.3 Å².